The lowest BCUT2D eigenvalue weighted by molar-refractivity contribution is 0.00530. The average molecular weight is 490 g/mol. The van der Waals surface area contributed by atoms with Gasteiger partial charge in [-0.2, -0.15) is 5.10 Å². The van der Waals surface area contributed by atoms with Crippen LogP contribution in [0.3, 0.4) is 0 Å². The summed E-state index contributed by atoms with van der Waals surface area (Å²) >= 11 is 0. The van der Waals surface area contributed by atoms with Crippen molar-refractivity contribution in [1.82, 2.24) is 14.8 Å². The van der Waals surface area contributed by atoms with E-state index in [0.717, 1.165) is 11.8 Å². The molecule has 0 atom stereocenters. The predicted octanol–water partition coefficient (Wildman–Crippen LogP) is 5.08. The Morgan fingerprint density at radius 2 is 1.78 bits per heavy atom. The molecule has 0 unspecified atom stereocenters. The summed E-state index contributed by atoms with van der Waals surface area (Å²) in [4.78, 5) is 28.1. The van der Waals surface area contributed by atoms with Crippen molar-refractivity contribution in [2.24, 2.45) is 0 Å². The molecule has 0 fully saturated rings. The summed E-state index contributed by atoms with van der Waals surface area (Å²) in [5, 5.41) is 13.7. The summed E-state index contributed by atoms with van der Waals surface area (Å²) in [6.45, 7) is 6.57. The van der Waals surface area contributed by atoms with Gasteiger partial charge in [0.05, 0.1) is 31.6 Å². The second-order valence-corrected chi connectivity index (χ2v) is 9.09. The average Bonchev–Trinajstić information content (AvgIpc) is 3.50. The van der Waals surface area contributed by atoms with Crippen LogP contribution in [0.5, 0.6) is 0 Å². The third kappa shape index (κ3) is 6.25. The van der Waals surface area contributed by atoms with Crippen LogP contribution in [0.4, 0.5) is 0 Å². The molecule has 0 spiro atoms. The number of hydrogen-bond acceptors (Lipinski definition) is 7. The van der Waals surface area contributed by atoms with Gasteiger partial charge in [-0.3, -0.25) is 4.68 Å². The Morgan fingerprint density at radius 3 is 2.47 bits per heavy atom. The van der Waals surface area contributed by atoms with Gasteiger partial charge in [0, 0.05) is 11.1 Å². The first-order chi connectivity index (χ1) is 17.2. The normalized spacial score (nSPS) is 11.4. The summed E-state index contributed by atoms with van der Waals surface area (Å²) in [6, 6.07) is 18.6. The lowest BCUT2D eigenvalue weighted by Gasteiger charge is -2.19. The molecule has 0 aliphatic rings. The van der Waals surface area contributed by atoms with Gasteiger partial charge in [0.25, 0.3) is 0 Å². The van der Waals surface area contributed by atoms with E-state index < -0.39 is 17.5 Å². The predicted molar refractivity (Wildman–Crippen MR) is 131 cm³/mol. The molecule has 0 amide bonds. The highest BCUT2D eigenvalue weighted by Crippen LogP contribution is 2.27. The summed E-state index contributed by atoms with van der Waals surface area (Å²) in [5.74, 6) is -1.75. The molecule has 0 aliphatic carbocycles. The number of nitrogens with zero attached hydrogens (tertiary/aromatic N) is 3. The fraction of sp³-hybridized carbons (Fsp3) is 0.259. The molecule has 9 nitrogen and oxygen atoms in total. The van der Waals surface area contributed by atoms with Crippen LogP contribution in [0.1, 0.15) is 47.4 Å². The maximum absolute atomic E-state index is 12.9. The number of hydrogen-bond donors (Lipinski definition) is 1. The molecule has 4 aromatic rings. The number of benzene rings is 2. The number of esters is 1. The van der Waals surface area contributed by atoms with Gasteiger partial charge in [-0.15, -0.1) is 0 Å². The van der Waals surface area contributed by atoms with Crippen molar-refractivity contribution in [1.29, 1.82) is 0 Å². The van der Waals surface area contributed by atoms with Gasteiger partial charge in [0.2, 0.25) is 11.7 Å². The van der Waals surface area contributed by atoms with Crippen molar-refractivity contribution < 1.29 is 28.6 Å². The molecule has 0 saturated carbocycles. The number of carboxylic acids is 1. The number of carbonyl (C=O) groups excluding carboxylic acids is 1. The number of carboxylic acid groups (broad SMARTS) is 1. The van der Waals surface area contributed by atoms with Gasteiger partial charge < -0.3 is 19.0 Å². The van der Waals surface area contributed by atoms with E-state index in [1.807, 2.05) is 36.4 Å². The lowest BCUT2D eigenvalue weighted by Crippen LogP contribution is -2.26. The van der Waals surface area contributed by atoms with E-state index in [4.69, 9.17) is 19.0 Å². The first-order valence-electron chi connectivity index (χ1n) is 11.4. The van der Waals surface area contributed by atoms with E-state index in [1.54, 1.807) is 49.7 Å². The van der Waals surface area contributed by atoms with Crippen molar-refractivity contribution >= 4 is 11.9 Å². The van der Waals surface area contributed by atoms with Crippen molar-refractivity contribution in [3.8, 4) is 22.7 Å². The highest BCUT2D eigenvalue weighted by molar-refractivity contribution is 5.89. The van der Waals surface area contributed by atoms with Gasteiger partial charge >= 0.3 is 11.9 Å². The molecule has 186 valence electrons. The highest BCUT2D eigenvalue weighted by Gasteiger charge is 2.23. The number of aromatic carboxylic acids is 1. The largest absolute Gasteiger partial charge is 0.475 e. The lowest BCUT2D eigenvalue weighted by atomic mass is 10.1. The first kappa shape index (κ1) is 24.9. The summed E-state index contributed by atoms with van der Waals surface area (Å²) in [6.07, 6.45) is 1.16. The second-order valence-electron chi connectivity index (χ2n) is 9.09. The molecular formula is C27H27N3O6. The van der Waals surface area contributed by atoms with E-state index in [9.17, 15) is 9.59 Å². The number of rotatable bonds is 9. The molecule has 2 heterocycles. The van der Waals surface area contributed by atoms with E-state index >= 15 is 0 Å². The standard InChI is InChI=1S/C27H27N3O6/c1-27(2,3)36-26(33)22-15-21(29-30(22)12-13-34-17-18-8-5-4-6-9-18)19-10-7-11-20(14-19)24-28-16-23(35-24)25(31)32/h4-11,14-16H,12-13,17H2,1-3H3,(H,31,32). The Balaban J connectivity index is 1.57. The van der Waals surface area contributed by atoms with Crippen LogP contribution in [0, 0.1) is 0 Å². The number of carbonyl (C=O) groups is 2. The van der Waals surface area contributed by atoms with Crippen molar-refractivity contribution in [3.05, 3.63) is 83.9 Å². The van der Waals surface area contributed by atoms with Crippen LogP contribution < -0.4 is 0 Å². The van der Waals surface area contributed by atoms with Gasteiger partial charge in [-0.25, -0.2) is 14.6 Å². The quantitative estimate of drug-likeness (QED) is 0.256. The van der Waals surface area contributed by atoms with E-state index in [0.29, 0.717) is 42.3 Å². The van der Waals surface area contributed by atoms with Gasteiger partial charge in [-0.1, -0.05) is 42.5 Å². The molecule has 2 aromatic carbocycles. The maximum atomic E-state index is 12.9. The molecule has 1 N–H and O–H groups in total. The van der Waals surface area contributed by atoms with Gasteiger partial charge in [-0.05, 0) is 44.5 Å². The zero-order valence-electron chi connectivity index (χ0n) is 20.3. The molecule has 4 rings (SSSR count). The monoisotopic (exact) mass is 489 g/mol. The van der Waals surface area contributed by atoms with Crippen molar-refractivity contribution in [3.63, 3.8) is 0 Å². The SMILES string of the molecule is CC(C)(C)OC(=O)c1cc(-c2cccc(-c3ncc(C(=O)O)o3)c2)nn1CCOCc1ccccc1. The van der Waals surface area contributed by atoms with Crippen LogP contribution in [0.15, 0.2) is 71.3 Å². The minimum atomic E-state index is -1.19. The van der Waals surface area contributed by atoms with Crippen LogP contribution in [0.25, 0.3) is 22.7 Å². The fourth-order valence-corrected chi connectivity index (χ4v) is 3.46. The third-order valence-electron chi connectivity index (χ3n) is 5.07. The molecule has 2 aromatic heterocycles. The first-order valence-corrected chi connectivity index (χ1v) is 11.4. The van der Waals surface area contributed by atoms with Gasteiger partial charge in [0.1, 0.15) is 11.3 Å². The summed E-state index contributed by atoms with van der Waals surface area (Å²) < 4.78 is 18.3. The molecule has 36 heavy (non-hydrogen) atoms. The summed E-state index contributed by atoms with van der Waals surface area (Å²) in [7, 11) is 0. The van der Waals surface area contributed by atoms with Gasteiger partial charge in [0.15, 0.2) is 0 Å². The van der Waals surface area contributed by atoms with Crippen molar-refractivity contribution in [2.75, 3.05) is 6.61 Å². The third-order valence-corrected chi connectivity index (χ3v) is 5.07. The van der Waals surface area contributed by atoms with Crippen molar-refractivity contribution in [2.45, 2.75) is 39.5 Å². The fourth-order valence-electron chi connectivity index (χ4n) is 3.46. The van der Waals surface area contributed by atoms with E-state index in [1.165, 1.54) is 0 Å². The topological polar surface area (TPSA) is 117 Å². The highest BCUT2D eigenvalue weighted by atomic mass is 16.6. The molecule has 0 aliphatic heterocycles. The van der Waals surface area contributed by atoms with Crippen LogP contribution in [0.2, 0.25) is 0 Å². The number of ether oxygens (including phenoxy) is 2. The second kappa shape index (κ2) is 10.6. The molecule has 0 saturated heterocycles. The van der Waals surface area contributed by atoms with Crippen LogP contribution in [-0.4, -0.2) is 44.0 Å². The Labute approximate surface area is 208 Å². The van der Waals surface area contributed by atoms with Crippen LogP contribution >= 0.6 is 0 Å². The zero-order chi connectivity index (χ0) is 25.7. The Bertz CT molecular complexity index is 1350. The molecule has 0 bridgehead atoms. The van der Waals surface area contributed by atoms with E-state index in [-0.39, 0.29) is 11.7 Å². The number of oxazole rings is 1. The Morgan fingerprint density at radius 1 is 1.03 bits per heavy atom. The summed E-state index contributed by atoms with van der Waals surface area (Å²) in [5.41, 5.74) is 2.53. The van der Waals surface area contributed by atoms with Crippen LogP contribution in [-0.2, 0) is 22.6 Å². The molecule has 9 heteroatoms. The molecule has 0 radical (unpaired) electrons. The number of aromatic nitrogens is 3. The minimum Gasteiger partial charge on any atom is -0.475 e. The zero-order valence-corrected chi connectivity index (χ0v) is 20.3. The maximum Gasteiger partial charge on any atom is 0.373 e. The Hall–Kier alpha value is -4.24. The van der Waals surface area contributed by atoms with E-state index in [2.05, 4.69) is 10.1 Å². The molecular weight excluding hydrogens is 462 g/mol. The smallest absolute Gasteiger partial charge is 0.373 e. The Kier molecular flexibility index (Phi) is 7.30. The minimum absolute atomic E-state index is 0.176.